The Kier molecular flexibility index (Phi) is 4.62. The van der Waals surface area contributed by atoms with E-state index in [0.29, 0.717) is 0 Å². The molecule has 0 fully saturated rings. The van der Waals surface area contributed by atoms with Gasteiger partial charge in [-0.15, -0.1) is 0 Å². The van der Waals surface area contributed by atoms with E-state index in [1.807, 2.05) is 41.5 Å². The van der Waals surface area contributed by atoms with Crippen molar-refractivity contribution in [1.29, 1.82) is 0 Å². The van der Waals surface area contributed by atoms with Crippen LogP contribution in [0.15, 0.2) is 4.99 Å². The Morgan fingerprint density at radius 2 is 1.77 bits per heavy atom. The van der Waals surface area contributed by atoms with E-state index in [9.17, 15) is 5.11 Å². The fourth-order valence-electron chi connectivity index (χ4n) is 1.58. The Morgan fingerprint density at radius 3 is 2.00 bits per heavy atom. The second-order valence-corrected chi connectivity index (χ2v) is 4.24. The fourth-order valence-corrected chi connectivity index (χ4v) is 1.58. The smallest absolute Gasteiger partial charge is 0.104 e. The Bertz CT molecular complexity index is 185. The van der Waals surface area contributed by atoms with Crippen molar-refractivity contribution in [3.8, 4) is 0 Å². The lowest BCUT2D eigenvalue weighted by molar-refractivity contribution is 0.0587. The Morgan fingerprint density at radius 1 is 1.31 bits per heavy atom. The van der Waals surface area contributed by atoms with E-state index in [1.54, 1.807) is 0 Å². The molecule has 0 saturated carbocycles. The molecular weight excluding hydrogens is 162 g/mol. The molecule has 0 spiro atoms. The van der Waals surface area contributed by atoms with Gasteiger partial charge in [0.2, 0.25) is 0 Å². The summed E-state index contributed by atoms with van der Waals surface area (Å²) in [5, 5.41) is 10.3. The minimum atomic E-state index is -0.718. The lowest BCUT2D eigenvalue weighted by atomic mass is 9.84. The molecule has 0 aromatic rings. The Labute approximate surface area is 82.1 Å². The third kappa shape index (κ3) is 3.11. The summed E-state index contributed by atoms with van der Waals surface area (Å²) in [4.78, 5) is 4.41. The summed E-state index contributed by atoms with van der Waals surface area (Å²) in [7, 11) is 0. The third-order valence-electron chi connectivity index (χ3n) is 2.57. The molecule has 0 rings (SSSR count). The highest BCUT2D eigenvalue weighted by Crippen LogP contribution is 2.23. The van der Waals surface area contributed by atoms with Crippen LogP contribution >= 0.6 is 0 Å². The second kappa shape index (κ2) is 4.75. The molecule has 0 aromatic carbocycles. The Balaban J connectivity index is 4.76. The van der Waals surface area contributed by atoms with Gasteiger partial charge < -0.3 is 5.11 Å². The largest absolute Gasteiger partial charge is 0.384 e. The van der Waals surface area contributed by atoms with E-state index >= 15 is 0 Å². The molecule has 1 unspecified atom stereocenters. The average Bonchev–Trinajstić information content (AvgIpc) is 2.01. The average molecular weight is 185 g/mol. The van der Waals surface area contributed by atoms with Gasteiger partial charge in [-0.2, -0.15) is 0 Å². The summed E-state index contributed by atoms with van der Waals surface area (Å²) in [6, 6.07) is 0.261. The van der Waals surface area contributed by atoms with Crippen LogP contribution in [0.4, 0.5) is 0 Å². The van der Waals surface area contributed by atoms with Gasteiger partial charge in [0.1, 0.15) is 5.60 Å². The van der Waals surface area contributed by atoms with E-state index in [0.717, 1.165) is 12.1 Å². The first-order chi connectivity index (χ1) is 5.84. The van der Waals surface area contributed by atoms with Crippen LogP contribution in [0.2, 0.25) is 0 Å². The SMILES string of the molecule is CCC(O)(C(C)=NC(C)C)C(C)C. The van der Waals surface area contributed by atoms with E-state index in [2.05, 4.69) is 4.99 Å². The highest BCUT2D eigenvalue weighted by Gasteiger charge is 2.32. The monoisotopic (exact) mass is 185 g/mol. The minimum Gasteiger partial charge on any atom is -0.384 e. The lowest BCUT2D eigenvalue weighted by Crippen LogP contribution is -2.42. The molecule has 0 aliphatic heterocycles. The topological polar surface area (TPSA) is 32.6 Å². The van der Waals surface area contributed by atoms with E-state index in [-0.39, 0.29) is 12.0 Å². The van der Waals surface area contributed by atoms with Crippen molar-refractivity contribution in [2.24, 2.45) is 10.9 Å². The molecule has 0 heterocycles. The van der Waals surface area contributed by atoms with E-state index < -0.39 is 5.60 Å². The zero-order valence-electron chi connectivity index (χ0n) is 9.76. The van der Waals surface area contributed by atoms with Crippen molar-refractivity contribution in [1.82, 2.24) is 0 Å². The van der Waals surface area contributed by atoms with Gasteiger partial charge >= 0.3 is 0 Å². The van der Waals surface area contributed by atoms with Gasteiger partial charge in [0.25, 0.3) is 0 Å². The number of aliphatic imine (C=N–C) groups is 1. The molecule has 0 radical (unpaired) electrons. The number of hydrogen-bond acceptors (Lipinski definition) is 2. The summed E-state index contributed by atoms with van der Waals surface area (Å²) in [5.41, 5.74) is 0.143. The number of nitrogens with zero attached hydrogens (tertiary/aromatic N) is 1. The highest BCUT2D eigenvalue weighted by atomic mass is 16.3. The summed E-state index contributed by atoms with van der Waals surface area (Å²) in [6.07, 6.45) is 0.729. The second-order valence-electron chi connectivity index (χ2n) is 4.24. The molecule has 0 aliphatic rings. The molecule has 0 amide bonds. The van der Waals surface area contributed by atoms with E-state index in [4.69, 9.17) is 0 Å². The highest BCUT2D eigenvalue weighted by molar-refractivity contribution is 5.90. The molecule has 0 aromatic heterocycles. The summed E-state index contributed by atoms with van der Waals surface area (Å²) in [5.74, 6) is 0.222. The maximum Gasteiger partial charge on any atom is 0.104 e. The molecule has 0 saturated heterocycles. The van der Waals surface area contributed by atoms with Gasteiger partial charge in [0.15, 0.2) is 0 Å². The van der Waals surface area contributed by atoms with Crippen LogP contribution in [0.5, 0.6) is 0 Å². The molecule has 1 N–H and O–H groups in total. The number of hydrogen-bond donors (Lipinski definition) is 1. The first-order valence-electron chi connectivity index (χ1n) is 5.11. The number of rotatable bonds is 4. The maximum absolute atomic E-state index is 10.3. The standard InChI is InChI=1S/C11H23NO/c1-7-11(13,8(2)3)10(6)12-9(4)5/h8-9,13H,7H2,1-6H3. The molecule has 1 atom stereocenters. The zero-order chi connectivity index (χ0) is 10.6. The minimum absolute atomic E-state index is 0.222. The molecule has 2 nitrogen and oxygen atoms in total. The van der Waals surface area contributed by atoms with Crippen LogP contribution in [0, 0.1) is 5.92 Å². The van der Waals surface area contributed by atoms with Gasteiger partial charge in [0, 0.05) is 11.8 Å². The predicted molar refractivity (Wildman–Crippen MR) is 58.3 cm³/mol. The van der Waals surface area contributed by atoms with Gasteiger partial charge in [-0.3, -0.25) is 4.99 Å². The third-order valence-corrected chi connectivity index (χ3v) is 2.57. The van der Waals surface area contributed by atoms with Crippen LogP contribution in [-0.4, -0.2) is 22.5 Å². The van der Waals surface area contributed by atoms with Gasteiger partial charge in [0.05, 0.1) is 0 Å². The van der Waals surface area contributed by atoms with Crippen molar-refractivity contribution < 1.29 is 5.11 Å². The summed E-state index contributed by atoms with van der Waals surface area (Å²) < 4.78 is 0. The summed E-state index contributed by atoms with van der Waals surface area (Å²) >= 11 is 0. The molecule has 0 aliphatic carbocycles. The van der Waals surface area contributed by atoms with Crippen LogP contribution < -0.4 is 0 Å². The Hall–Kier alpha value is -0.370. The molecule has 78 valence electrons. The van der Waals surface area contributed by atoms with E-state index in [1.165, 1.54) is 0 Å². The van der Waals surface area contributed by atoms with Gasteiger partial charge in [-0.05, 0) is 33.1 Å². The molecular formula is C11H23NO. The molecule has 0 bridgehead atoms. The zero-order valence-corrected chi connectivity index (χ0v) is 9.76. The van der Waals surface area contributed by atoms with Crippen molar-refractivity contribution >= 4 is 5.71 Å². The van der Waals surface area contributed by atoms with Crippen LogP contribution in [0.25, 0.3) is 0 Å². The van der Waals surface area contributed by atoms with Crippen LogP contribution in [0.3, 0.4) is 0 Å². The normalized spacial score (nSPS) is 18.1. The van der Waals surface area contributed by atoms with Crippen molar-refractivity contribution in [3.63, 3.8) is 0 Å². The van der Waals surface area contributed by atoms with Crippen molar-refractivity contribution in [3.05, 3.63) is 0 Å². The molecule has 2 heteroatoms. The van der Waals surface area contributed by atoms with Gasteiger partial charge in [-0.25, -0.2) is 0 Å². The van der Waals surface area contributed by atoms with Crippen LogP contribution in [-0.2, 0) is 0 Å². The fraction of sp³-hybridized carbons (Fsp3) is 0.909. The molecule has 13 heavy (non-hydrogen) atoms. The first-order valence-corrected chi connectivity index (χ1v) is 5.11. The van der Waals surface area contributed by atoms with Crippen molar-refractivity contribution in [2.75, 3.05) is 0 Å². The predicted octanol–water partition coefficient (Wildman–Crippen LogP) is 2.65. The first kappa shape index (κ1) is 12.6. The van der Waals surface area contributed by atoms with Crippen LogP contribution in [0.1, 0.15) is 48.0 Å². The quantitative estimate of drug-likeness (QED) is 0.671. The number of aliphatic hydroxyl groups is 1. The van der Waals surface area contributed by atoms with Crippen molar-refractivity contribution in [2.45, 2.75) is 59.6 Å². The maximum atomic E-state index is 10.3. The van der Waals surface area contributed by atoms with Gasteiger partial charge in [-0.1, -0.05) is 20.8 Å². The lowest BCUT2D eigenvalue weighted by Gasteiger charge is -2.31. The summed E-state index contributed by atoms with van der Waals surface area (Å²) in [6.45, 7) is 12.0.